The van der Waals surface area contributed by atoms with Crippen molar-refractivity contribution >= 4 is 5.97 Å². The molecule has 4 rings (SSSR count). The molecule has 0 radical (unpaired) electrons. The highest BCUT2D eigenvalue weighted by molar-refractivity contribution is 5.69. The van der Waals surface area contributed by atoms with Crippen molar-refractivity contribution in [3.8, 4) is 17.3 Å². The third kappa shape index (κ3) is 3.88. The average molecular weight is 383 g/mol. The number of benzene rings is 1. The number of aromatic nitrogens is 5. The Kier molecular flexibility index (Phi) is 5.05. The van der Waals surface area contributed by atoms with Crippen LogP contribution >= 0.6 is 0 Å². The Labute approximate surface area is 160 Å². The number of hydrogen-bond donors (Lipinski definition) is 0. The topological polar surface area (TPSA) is 105 Å². The van der Waals surface area contributed by atoms with Crippen molar-refractivity contribution in [3.63, 3.8) is 0 Å². The summed E-state index contributed by atoms with van der Waals surface area (Å²) >= 11 is 0. The van der Waals surface area contributed by atoms with E-state index in [1.54, 1.807) is 6.92 Å². The van der Waals surface area contributed by atoms with E-state index in [4.69, 9.17) is 9.15 Å². The zero-order chi connectivity index (χ0) is 19.5. The summed E-state index contributed by atoms with van der Waals surface area (Å²) in [7, 11) is 0. The van der Waals surface area contributed by atoms with E-state index in [1.807, 2.05) is 30.3 Å². The van der Waals surface area contributed by atoms with Crippen LogP contribution in [-0.4, -0.2) is 36.8 Å². The van der Waals surface area contributed by atoms with Crippen molar-refractivity contribution in [2.24, 2.45) is 0 Å². The molecule has 1 aromatic carbocycles. The molecular formula is C19H21N5O4. The van der Waals surface area contributed by atoms with Crippen molar-refractivity contribution in [1.29, 1.82) is 0 Å². The first-order chi connectivity index (χ1) is 13.6. The summed E-state index contributed by atoms with van der Waals surface area (Å²) in [5.74, 6) is -1.20. The van der Waals surface area contributed by atoms with Crippen LogP contribution in [0.25, 0.3) is 17.3 Å². The molecular weight excluding hydrogens is 362 g/mol. The van der Waals surface area contributed by atoms with E-state index in [0.717, 1.165) is 36.1 Å². The first-order valence-corrected chi connectivity index (χ1v) is 9.37. The van der Waals surface area contributed by atoms with Gasteiger partial charge in [-0.15, -0.1) is 10.2 Å². The van der Waals surface area contributed by atoms with Gasteiger partial charge in [-0.2, -0.15) is 14.6 Å². The second kappa shape index (κ2) is 7.79. The summed E-state index contributed by atoms with van der Waals surface area (Å²) in [5, 5.41) is 12.8. The Bertz CT molecular complexity index is 1010. The minimum Gasteiger partial charge on any atom is -0.461 e. The third-order valence-corrected chi connectivity index (χ3v) is 4.71. The van der Waals surface area contributed by atoms with Gasteiger partial charge in [-0.3, -0.25) is 4.79 Å². The molecule has 1 aliphatic carbocycles. The van der Waals surface area contributed by atoms with Gasteiger partial charge < -0.3 is 9.15 Å². The second-order valence-electron chi connectivity index (χ2n) is 6.84. The first-order valence-electron chi connectivity index (χ1n) is 9.37. The minimum atomic E-state index is -0.732. The Hall–Kier alpha value is -3.23. The molecule has 28 heavy (non-hydrogen) atoms. The molecule has 9 nitrogen and oxygen atoms in total. The molecule has 0 spiro atoms. The van der Waals surface area contributed by atoms with E-state index >= 15 is 0 Å². The number of esters is 1. The fraction of sp³-hybridized carbons (Fsp3) is 0.421. The van der Waals surface area contributed by atoms with Crippen LogP contribution in [-0.2, 0) is 16.1 Å². The van der Waals surface area contributed by atoms with Crippen LogP contribution in [0.1, 0.15) is 37.8 Å². The lowest BCUT2D eigenvalue weighted by Gasteiger charge is -2.21. The van der Waals surface area contributed by atoms with Crippen molar-refractivity contribution in [3.05, 3.63) is 46.6 Å². The van der Waals surface area contributed by atoms with Gasteiger partial charge in [0.15, 0.2) is 5.69 Å². The van der Waals surface area contributed by atoms with E-state index < -0.39 is 11.7 Å². The van der Waals surface area contributed by atoms with Crippen LogP contribution in [0.3, 0.4) is 0 Å². The van der Waals surface area contributed by atoms with Crippen LogP contribution in [0.5, 0.6) is 0 Å². The zero-order valence-electron chi connectivity index (χ0n) is 15.6. The lowest BCUT2D eigenvalue weighted by atomic mass is 9.98. The number of rotatable bonds is 5. The van der Waals surface area contributed by atoms with Gasteiger partial charge in [-0.05, 0) is 44.7 Å². The van der Waals surface area contributed by atoms with Crippen LogP contribution < -0.4 is 5.76 Å². The Morgan fingerprint density at radius 3 is 2.64 bits per heavy atom. The first kappa shape index (κ1) is 18.1. The van der Waals surface area contributed by atoms with Gasteiger partial charge in [0.1, 0.15) is 12.6 Å². The highest BCUT2D eigenvalue weighted by Gasteiger charge is 2.22. The number of nitrogens with zero attached hydrogens (tertiary/aromatic N) is 5. The summed E-state index contributed by atoms with van der Waals surface area (Å²) in [6, 6.07) is 9.37. The van der Waals surface area contributed by atoms with E-state index in [1.165, 1.54) is 11.2 Å². The van der Waals surface area contributed by atoms with Crippen LogP contribution in [0.4, 0.5) is 0 Å². The van der Waals surface area contributed by atoms with Crippen LogP contribution in [0.2, 0.25) is 0 Å². The highest BCUT2D eigenvalue weighted by atomic mass is 16.5. The molecule has 1 aliphatic rings. The maximum atomic E-state index is 12.1. The number of hydrogen-bond acceptors (Lipinski definition) is 7. The molecule has 2 heterocycles. The summed E-state index contributed by atoms with van der Waals surface area (Å²) in [6.45, 7) is 1.46. The monoisotopic (exact) mass is 383 g/mol. The summed E-state index contributed by atoms with van der Waals surface area (Å²) in [6.07, 6.45) is 4.95. The zero-order valence-corrected chi connectivity index (χ0v) is 15.6. The van der Waals surface area contributed by atoms with Crippen molar-refractivity contribution in [2.45, 2.75) is 51.7 Å². The molecule has 1 saturated carbocycles. The SMILES string of the molecule is Cc1nn(-c2ccccc2)nc1-c1nn(CC(=O)OC2CCCCC2)c(=O)o1. The van der Waals surface area contributed by atoms with E-state index in [-0.39, 0.29) is 18.5 Å². The smallest absolute Gasteiger partial charge is 0.438 e. The number of aryl methyl sites for hydroxylation is 1. The average Bonchev–Trinajstić information content (AvgIpc) is 3.26. The molecule has 0 N–H and O–H groups in total. The molecule has 0 unspecified atom stereocenters. The van der Waals surface area contributed by atoms with Crippen molar-refractivity contribution in [2.75, 3.05) is 0 Å². The molecule has 9 heteroatoms. The standard InChI is InChI=1S/C19H21N5O4/c1-13-17(21-24(20-13)14-8-4-2-5-9-14)18-22-23(19(26)28-18)12-16(25)27-15-10-6-3-7-11-15/h2,4-5,8-9,15H,3,6-7,10-12H2,1H3. The molecule has 146 valence electrons. The lowest BCUT2D eigenvalue weighted by Crippen LogP contribution is -2.27. The maximum absolute atomic E-state index is 12.1. The quantitative estimate of drug-likeness (QED) is 0.622. The third-order valence-electron chi connectivity index (χ3n) is 4.71. The van der Waals surface area contributed by atoms with Gasteiger partial charge in [0.05, 0.1) is 11.4 Å². The fourth-order valence-corrected chi connectivity index (χ4v) is 3.28. The molecule has 0 amide bonds. The van der Waals surface area contributed by atoms with Gasteiger partial charge in [-0.25, -0.2) is 4.79 Å². The van der Waals surface area contributed by atoms with E-state index in [9.17, 15) is 9.59 Å². The molecule has 0 atom stereocenters. The Morgan fingerprint density at radius 1 is 1.14 bits per heavy atom. The summed E-state index contributed by atoms with van der Waals surface area (Å²) in [4.78, 5) is 25.7. The molecule has 0 bridgehead atoms. The fourth-order valence-electron chi connectivity index (χ4n) is 3.28. The van der Waals surface area contributed by atoms with Crippen LogP contribution in [0, 0.1) is 6.92 Å². The summed E-state index contributed by atoms with van der Waals surface area (Å²) in [5.41, 5.74) is 1.68. The van der Waals surface area contributed by atoms with Crippen molar-refractivity contribution in [1.82, 2.24) is 24.8 Å². The van der Waals surface area contributed by atoms with E-state index in [2.05, 4.69) is 15.3 Å². The van der Waals surface area contributed by atoms with Gasteiger partial charge >= 0.3 is 11.7 Å². The molecule has 1 fully saturated rings. The summed E-state index contributed by atoms with van der Waals surface area (Å²) < 4.78 is 11.6. The maximum Gasteiger partial charge on any atom is 0.438 e. The van der Waals surface area contributed by atoms with Gasteiger partial charge in [0.25, 0.3) is 5.89 Å². The number of carbonyl (C=O) groups is 1. The highest BCUT2D eigenvalue weighted by Crippen LogP contribution is 2.21. The van der Waals surface area contributed by atoms with Gasteiger partial charge in [0, 0.05) is 0 Å². The predicted molar refractivity (Wildman–Crippen MR) is 98.8 cm³/mol. The Balaban J connectivity index is 1.51. The number of carbonyl (C=O) groups excluding carboxylic acids is 1. The Morgan fingerprint density at radius 2 is 1.89 bits per heavy atom. The van der Waals surface area contributed by atoms with Gasteiger partial charge in [-0.1, -0.05) is 24.6 Å². The van der Waals surface area contributed by atoms with Gasteiger partial charge in [0.2, 0.25) is 0 Å². The lowest BCUT2D eigenvalue weighted by molar-refractivity contribution is -0.151. The number of para-hydroxylation sites is 1. The largest absolute Gasteiger partial charge is 0.461 e. The molecule has 0 saturated heterocycles. The number of ether oxygens (including phenoxy) is 1. The van der Waals surface area contributed by atoms with Crippen LogP contribution in [0.15, 0.2) is 39.5 Å². The minimum absolute atomic E-state index is 0.0233. The van der Waals surface area contributed by atoms with Crippen molar-refractivity contribution < 1.29 is 13.9 Å². The molecule has 3 aromatic rings. The molecule has 2 aromatic heterocycles. The normalized spacial score (nSPS) is 14.9. The predicted octanol–water partition coefficient (Wildman–Crippen LogP) is 2.27. The second-order valence-corrected chi connectivity index (χ2v) is 6.84. The van der Waals surface area contributed by atoms with E-state index in [0.29, 0.717) is 11.4 Å². The molecule has 0 aliphatic heterocycles.